The minimum Gasteiger partial charge on any atom is -0.481 e. The largest absolute Gasteiger partial charge is 0.481 e. The second kappa shape index (κ2) is 5.21. The first-order valence-corrected chi connectivity index (χ1v) is 6.57. The Morgan fingerprint density at radius 3 is 2.60 bits per heavy atom. The van der Waals surface area contributed by atoms with Crippen LogP contribution >= 0.6 is 0 Å². The number of carboxylic acids is 1. The summed E-state index contributed by atoms with van der Waals surface area (Å²) in [7, 11) is 0. The summed E-state index contributed by atoms with van der Waals surface area (Å²) >= 11 is 0. The molecule has 2 N–H and O–H groups in total. The number of aliphatic carboxylic acids is 1. The van der Waals surface area contributed by atoms with Gasteiger partial charge in [0.1, 0.15) is 0 Å². The van der Waals surface area contributed by atoms with Crippen molar-refractivity contribution in [2.75, 3.05) is 0 Å². The van der Waals surface area contributed by atoms with Gasteiger partial charge in [-0.15, -0.1) is 0 Å². The van der Waals surface area contributed by atoms with Gasteiger partial charge in [0, 0.05) is 17.1 Å². The minimum absolute atomic E-state index is 0.0504. The number of carbonyl (C=O) groups is 1. The van der Waals surface area contributed by atoms with Crippen molar-refractivity contribution < 1.29 is 9.90 Å². The zero-order chi connectivity index (χ0) is 13.9. The molecule has 20 heavy (non-hydrogen) atoms. The maximum atomic E-state index is 10.9. The van der Waals surface area contributed by atoms with Crippen molar-refractivity contribution in [3.8, 4) is 0 Å². The number of nitrogens with one attached hydrogen (secondary N) is 1. The molecule has 0 radical (unpaired) electrons. The van der Waals surface area contributed by atoms with Crippen LogP contribution in [-0.4, -0.2) is 16.1 Å². The molecule has 0 fully saturated rings. The van der Waals surface area contributed by atoms with Gasteiger partial charge >= 0.3 is 5.97 Å². The lowest BCUT2D eigenvalue weighted by Gasteiger charge is -2.03. The number of carboxylic acid groups (broad SMARTS) is 1. The van der Waals surface area contributed by atoms with Crippen molar-refractivity contribution in [1.82, 2.24) is 4.98 Å². The van der Waals surface area contributed by atoms with Crippen LogP contribution in [0.25, 0.3) is 10.9 Å². The van der Waals surface area contributed by atoms with Gasteiger partial charge in [-0.1, -0.05) is 36.4 Å². The van der Waals surface area contributed by atoms with Gasteiger partial charge < -0.3 is 10.1 Å². The van der Waals surface area contributed by atoms with Crippen LogP contribution in [0, 0.1) is 0 Å². The van der Waals surface area contributed by atoms with Crippen molar-refractivity contribution in [1.29, 1.82) is 0 Å². The third-order valence-electron chi connectivity index (χ3n) is 3.42. The fourth-order valence-corrected chi connectivity index (χ4v) is 2.48. The topological polar surface area (TPSA) is 53.1 Å². The molecule has 0 bridgehead atoms. The van der Waals surface area contributed by atoms with E-state index in [9.17, 15) is 4.79 Å². The molecular weight excluding hydrogens is 250 g/mol. The van der Waals surface area contributed by atoms with Crippen molar-refractivity contribution in [2.45, 2.75) is 12.8 Å². The fraction of sp³-hybridized carbons (Fsp3) is 0.118. The monoisotopic (exact) mass is 265 g/mol. The summed E-state index contributed by atoms with van der Waals surface area (Å²) in [5.74, 6) is -0.806. The van der Waals surface area contributed by atoms with Crippen LogP contribution in [0.4, 0.5) is 0 Å². The molecule has 3 aromatic rings. The van der Waals surface area contributed by atoms with Gasteiger partial charge in [-0.05, 0) is 35.2 Å². The van der Waals surface area contributed by atoms with E-state index in [1.807, 2.05) is 24.3 Å². The molecule has 3 heteroatoms. The number of H-pyrrole nitrogens is 1. The highest BCUT2D eigenvalue weighted by atomic mass is 16.4. The molecule has 2 aromatic carbocycles. The molecule has 0 aliphatic heterocycles. The second-order valence-electron chi connectivity index (χ2n) is 4.93. The minimum atomic E-state index is -0.806. The average Bonchev–Trinajstić information content (AvgIpc) is 2.82. The quantitative estimate of drug-likeness (QED) is 0.759. The lowest BCUT2D eigenvalue weighted by molar-refractivity contribution is -0.136. The van der Waals surface area contributed by atoms with E-state index in [0.717, 1.165) is 22.9 Å². The van der Waals surface area contributed by atoms with Crippen LogP contribution in [0.1, 0.15) is 16.7 Å². The van der Waals surface area contributed by atoms with E-state index in [1.54, 1.807) is 6.20 Å². The van der Waals surface area contributed by atoms with Gasteiger partial charge in [0.05, 0.1) is 6.42 Å². The molecule has 3 nitrogen and oxygen atoms in total. The number of hydrogen-bond donors (Lipinski definition) is 2. The van der Waals surface area contributed by atoms with Crippen LogP contribution in [0.15, 0.2) is 54.7 Å². The molecular formula is C17H15NO2. The van der Waals surface area contributed by atoms with Crippen LogP contribution in [-0.2, 0) is 17.6 Å². The Kier molecular flexibility index (Phi) is 3.25. The van der Waals surface area contributed by atoms with Crippen LogP contribution in [0.5, 0.6) is 0 Å². The molecule has 1 aromatic heterocycles. The average molecular weight is 265 g/mol. The number of fused-ring (bicyclic) bond motifs is 1. The number of benzene rings is 2. The maximum absolute atomic E-state index is 10.9. The number of aromatic amines is 1. The molecule has 0 aliphatic carbocycles. The van der Waals surface area contributed by atoms with E-state index in [2.05, 4.69) is 29.2 Å². The molecule has 0 spiro atoms. The normalized spacial score (nSPS) is 10.8. The third kappa shape index (κ3) is 2.57. The van der Waals surface area contributed by atoms with Crippen molar-refractivity contribution in [3.05, 3.63) is 71.4 Å². The highest BCUT2D eigenvalue weighted by Gasteiger charge is 2.08. The number of rotatable bonds is 4. The van der Waals surface area contributed by atoms with Crippen LogP contribution in [0.2, 0.25) is 0 Å². The van der Waals surface area contributed by atoms with Crippen molar-refractivity contribution in [2.24, 2.45) is 0 Å². The summed E-state index contributed by atoms with van der Waals surface area (Å²) in [5.41, 5.74) is 4.26. The molecule has 0 saturated heterocycles. The Labute approximate surface area is 116 Å². The molecule has 100 valence electrons. The third-order valence-corrected chi connectivity index (χ3v) is 3.42. The van der Waals surface area contributed by atoms with Gasteiger partial charge in [-0.3, -0.25) is 4.79 Å². The summed E-state index contributed by atoms with van der Waals surface area (Å²) in [6.45, 7) is 0. The standard InChI is InChI=1S/C17H15NO2/c19-17(20)10-14-11-18-16-7-6-13(9-15(14)16)8-12-4-2-1-3-5-12/h1-7,9,11,18H,8,10H2,(H,19,20). The zero-order valence-electron chi connectivity index (χ0n) is 11.0. The Morgan fingerprint density at radius 1 is 1.05 bits per heavy atom. The van der Waals surface area contributed by atoms with Gasteiger partial charge in [0.15, 0.2) is 0 Å². The lowest BCUT2D eigenvalue weighted by atomic mass is 10.0. The highest BCUT2D eigenvalue weighted by Crippen LogP contribution is 2.22. The first-order valence-electron chi connectivity index (χ1n) is 6.57. The summed E-state index contributed by atoms with van der Waals surface area (Å²) in [6.07, 6.45) is 2.69. The summed E-state index contributed by atoms with van der Waals surface area (Å²) in [5, 5.41) is 9.94. The van der Waals surface area contributed by atoms with E-state index in [1.165, 1.54) is 11.1 Å². The Hall–Kier alpha value is -2.55. The smallest absolute Gasteiger partial charge is 0.307 e. The van der Waals surface area contributed by atoms with Crippen molar-refractivity contribution in [3.63, 3.8) is 0 Å². The summed E-state index contributed by atoms with van der Waals surface area (Å²) in [4.78, 5) is 14.0. The fourth-order valence-electron chi connectivity index (χ4n) is 2.48. The zero-order valence-corrected chi connectivity index (χ0v) is 11.0. The SMILES string of the molecule is O=C(O)Cc1c[nH]c2ccc(Cc3ccccc3)cc12. The highest BCUT2D eigenvalue weighted by molar-refractivity contribution is 5.87. The van der Waals surface area contributed by atoms with Gasteiger partial charge in [-0.2, -0.15) is 0 Å². The number of hydrogen-bond acceptors (Lipinski definition) is 1. The molecule has 0 aliphatic rings. The molecule has 0 atom stereocenters. The van der Waals surface area contributed by atoms with Crippen molar-refractivity contribution >= 4 is 16.9 Å². The van der Waals surface area contributed by atoms with Gasteiger partial charge in [0.2, 0.25) is 0 Å². The van der Waals surface area contributed by atoms with E-state index in [0.29, 0.717) is 0 Å². The van der Waals surface area contributed by atoms with E-state index < -0.39 is 5.97 Å². The van der Waals surface area contributed by atoms with Gasteiger partial charge in [-0.25, -0.2) is 0 Å². The Balaban J connectivity index is 1.95. The predicted molar refractivity (Wildman–Crippen MR) is 78.9 cm³/mol. The predicted octanol–water partition coefficient (Wildman–Crippen LogP) is 3.39. The maximum Gasteiger partial charge on any atom is 0.307 e. The van der Waals surface area contributed by atoms with E-state index in [4.69, 9.17) is 5.11 Å². The molecule has 0 saturated carbocycles. The molecule has 3 rings (SSSR count). The first-order chi connectivity index (χ1) is 9.72. The first kappa shape index (κ1) is 12.5. The van der Waals surface area contributed by atoms with E-state index >= 15 is 0 Å². The van der Waals surface area contributed by atoms with Crippen LogP contribution < -0.4 is 0 Å². The molecule has 0 amide bonds. The number of aromatic nitrogens is 1. The van der Waals surface area contributed by atoms with Gasteiger partial charge in [0.25, 0.3) is 0 Å². The summed E-state index contributed by atoms with van der Waals surface area (Å²) < 4.78 is 0. The summed E-state index contributed by atoms with van der Waals surface area (Å²) in [6, 6.07) is 16.4. The Bertz CT molecular complexity index is 744. The molecule has 0 unspecified atom stereocenters. The van der Waals surface area contributed by atoms with Crippen LogP contribution in [0.3, 0.4) is 0 Å². The lowest BCUT2D eigenvalue weighted by Crippen LogP contribution is -1.99. The Morgan fingerprint density at radius 2 is 1.85 bits per heavy atom. The molecule has 1 heterocycles. The van der Waals surface area contributed by atoms with E-state index in [-0.39, 0.29) is 6.42 Å². The second-order valence-corrected chi connectivity index (χ2v) is 4.93.